The van der Waals surface area contributed by atoms with Gasteiger partial charge in [0.05, 0.1) is 5.69 Å². The molecule has 7 heteroatoms. The highest BCUT2D eigenvalue weighted by molar-refractivity contribution is 5.78. The molecule has 1 aliphatic heterocycles. The molecule has 0 aliphatic carbocycles. The van der Waals surface area contributed by atoms with Crippen molar-refractivity contribution in [3.05, 3.63) is 42.2 Å². The first-order chi connectivity index (χ1) is 13.7. The second kappa shape index (κ2) is 10.1. The second-order valence-electron chi connectivity index (χ2n) is 6.89. The van der Waals surface area contributed by atoms with E-state index in [1.165, 1.54) is 12.1 Å². The zero-order valence-corrected chi connectivity index (χ0v) is 16.2. The number of hydrogen-bond acceptors (Lipinski definition) is 5. The first kappa shape index (κ1) is 20.2. The molecular formula is C21H27FN4O2. The molecule has 6 nitrogen and oxygen atoms in total. The van der Waals surface area contributed by atoms with Crippen molar-refractivity contribution in [2.75, 3.05) is 37.7 Å². The van der Waals surface area contributed by atoms with Crippen LogP contribution in [0, 0.1) is 11.7 Å². The molecule has 1 fully saturated rings. The van der Waals surface area contributed by atoms with Crippen molar-refractivity contribution in [2.24, 2.45) is 5.92 Å². The van der Waals surface area contributed by atoms with E-state index in [2.05, 4.69) is 20.4 Å². The highest BCUT2D eigenvalue weighted by Gasteiger charge is 2.25. The summed E-state index contributed by atoms with van der Waals surface area (Å²) in [7, 11) is 0. The summed E-state index contributed by atoms with van der Waals surface area (Å²) in [6.07, 6.45) is 2.43. The number of halogens is 1. The molecule has 0 bridgehead atoms. The Hall–Kier alpha value is -2.54. The molecule has 1 N–H and O–H groups in total. The molecule has 1 aliphatic rings. The maximum absolute atomic E-state index is 13.4. The van der Waals surface area contributed by atoms with Crippen LogP contribution in [0.5, 0.6) is 0 Å². The van der Waals surface area contributed by atoms with E-state index < -0.39 is 0 Å². The zero-order chi connectivity index (χ0) is 19.8. The van der Waals surface area contributed by atoms with Crippen molar-refractivity contribution in [3.8, 4) is 11.3 Å². The van der Waals surface area contributed by atoms with Gasteiger partial charge in [-0.3, -0.25) is 4.79 Å². The van der Waals surface area contributed by atoms with E-state index in [1.54, 1.807) is 6.07 Å². The van der Waals surface area contributed by atoms with E-state index in [0.29, 0.717) is 31.0 Å². The molecule has 28 heavy (non-hydrogen) atoms. The molecule has 1 amide bonds. The van der Waals surface area contributed by atoms with Gasteiger partial charge in [-0.15, -0.1) is 10.2 Å². The van der Waals surface area contributed by atoms with Gasteiger partial charge in [0.15, 0.2) is 5.82 Å². The van der Waals surface area contributed by atoms with Gasteiger partial charge in [0.25, 0.3) is 0 Å². The number of anilines is 1. The van der Waals surface area contributed by atoms with Gasteiger partial charge in [-0.2, -0.15) is 0 Å². The Morgan fingerprint density at radius 3 is 2.75 bits per heavy atom. The first-order valence-corrected chi connectivity index (χ1v) is 9.87. The molecule has 3 rings (SSSR count). The Kier molecular flexibility index (Phi) is 7.31. The van der Waals surface area contributed by atoms with Gasteiger partial charge < -0.3 is 15.0 Å². The van der Waals surface area contributed by atoms with Crippen LogP contribution in [0.15, 0.2) is 36.4 Å². The number of carbonyl (C=O) groups excluding carboxylic acids is 1. The number of ether oxygens (including phenoxy) is 1. The predicted molar refractivity (Wildman–Crippen MR) is 106 cm³/mol. The largest absolute Gasteiger partial charge is 0.382 e. The van der Waals surface area contributed by atoms with E-state index in [-0.39, 0.29) is 17.6 Å². The van der Waals surface area contributed by atoms with Gasteiger partial charge in [-0.25, -0.2) is 4.39 Å². The third-order valence-electron chi connectivity index (χ3n) is 4.93. The lowest BCUT2D eigenvalue weighted by atomic mass is 9.96. The Balaban J connectivity index is 1.47. The Bertz CT molecular complexity index is 761. The topological polar surface area (TPSA) is 67.3 Å². The average Bonchev–Trinajstić information content (AvgIpc) is 2.74. The number of nitrogens with zero attached hydrogens (tertiary/aromatic N) is 3. The summed E-state index contributed by atoms with van der Waals surface area (Å²) in [6.45, 7) is 5.55. The minimum atomic E-state index is -0.290. The molecule has 2 aromatic rings. The molecule has 150 valence electrons. The monoisotopic (exact) mass is 386 g/mol. The maximum Gasteiger partial charge on any atom is 0.223 e. The van der Waals surface area contributed by atoms with Gasteiger partial charge in [-0.05, 0) is 50.5 Å². The molecule has 0 atom stereocenters. The van der Waals surface area contributed by atoms with Crippen LogP contribution in [0.25, 0.3) is 11.3 Å². The minimum Gasteiger partial charge on any atom is -0.382 e. The van der Waals surface area contributed by atoms with Crippen molar-refractivity contribution >= 4 is 11.7 Å². The summed E-state index contributed by atoms with van der Waals surface area (Å²) in [6, 6.07) is 10.1. The molecule has 1 saturated heterocycles. The van der Waals surface area contributed by atoms with Crippen LogP contribution < -0.4 is 10.2 Å². The normalized spacial score (nSPS) is 14.9. The van der Waals surface area contributed by atoms with Gasteiger partial charge >= 0.3 is 0 Å². The summed E-state index contributed by atoms with van der Waals surface area (Å²) in [5.41, 5.74) is 1.35. The number of amides is 1. The SMILES string of the molecule is CCOCCCNC(=O)C1CCN(c2ccc(-c3cccc(F)c3)nn2)CC1. The molecule has 0 unspecified atom stereocenters. The lowest BCUT2D eigenvalue weighted by Crippen LogP contribution is -2.41. The van der Waals surface area contributed by atoms with Crippen LogP contribution in [0.2, 0.25) is 0 Å². The summed E-state index contributed by atoms with van der Waals surface area (Å²) >= 11 is 0. The van der Waals surface area contributed by atoms with Crippen molar-refractivity contribution in [2.45, 2.75) is 26.2 Å². The van der Waals surface area contributed by atoms with Crippen LogP contribution in [0.1, 0.15) is 26.2 Å². The third-order valence-corrected chi connectivity index (χ3v) is 4.93. The zero-order valence-electron chi connectivity index (χ0n) is 16.2. The van der Waals surface area contributed by atoms with E-state index in [1.807, 2.05) is 25.1 Å². The van der Waals surface area contributed by atoms with Crippen molar-refractivity contribution in [3.63, 3.8) is 0 Å². The fraction of sp³-hybridized carbons (Fsp3) is 0.476. The number of benzene rings is 1. The fourth-order valence-corrected chi connectivity index (χ4v) is 3.34. The number of carbonyl (C=O) groups is 1. The van der Waals surface area contributed by atoms with Crippen LogP contribution in [-0.4, -0.2) is 49.0 Å². The highest BCUT2D eigenvalue weighted by atomic mass is 19.1. The average molecular weight is 386 g/mol. The number of nitrogens with one attached hydrogen (secondary N) is 1. The number of hydrogen-bond donors (Lipinski definition) is 1. The molecule has 0 radical (unpaired) electrons. The van der Waals surface area contributed by atoms with Crippen molar-refractivity contribution in [1.29, 1.82) is 0 Å². The Labute approximate surface area is 165 Å². The molecule has 0 spiro atoms. The van der Waals surface area contributed by atoms with E-state index in [9.17, 15) is 9.18 Å². The molecule has 1 aromatic carbocycles. The predicted octanol–water partition coefficient (Wildman–Crippen LogP) is 3.04. The smallest absolute Gasteiger partial charge is 0.223 e. The summed E-state index contributed by atoms with van der Waals surface area (Å²) in [4.78, 5) is 14.4. The number of rotatable bonds is 8. The quantitative estimate of drug-likeness (QED) is 0.707. The summed E-state index contributed by atoms with van der Waals surface area (Å²) < 4.78 is 18.6. The number of piperidine rings is 1. The van der Waals surface area contributed by atoms with E-state index >= 15 is 0 Å². The minimum absolute atomic E-state index is 0.0443. The van der Waals surface area contributed by atoms with Crippen LogP contribution >= 0.6 is 0 Å². The highest BCUT2D eigenvalue weighted by Crippen LogP contribution is 2.23. The summed E-state index contributed by atoms with van der Waals surface area (Å²) in [5, 5.41) is 11.5. The lowest BCUT2D eigenvalue weighted by Gasteiger charge is -2.31. The van der Waals surface area contributed by atoms with Gasteiger partial charge in [0.2, 0.25) is 5.91 Å². The van der Waals surface area contributed by atoms with E-state index in [0.717, 1.165) is 38.2 Å². The maximum atomic E-state index is 13.4. The van der Waals surface area contributed by atoms with Gasteiger partial charge in [-0.1, -0.05) is 12.1 Å². The van der Waals surface area contributed by atoms with Crippen molar-refractivity contribution in [1.82, 2.24) is 15.5 Å². The fourth-order valence-electron chi connectivity index (χ4n) is 3.34. The molecule has 2 heterocycles. The van der Waals surface area contributed by atoms with Crippen molar-refractivity contribution < 1.29 is 13.9 Å². The molecular weight excluding hydrogens is 359 g/mol. The standard InChI is InChI=1S/C21H27FN4O2/c1-2-28-14-4-11-23-21(27)16-9-12-26(13-10-16)20-8-7-19(24-25-20)17-5-3-6-18(22)15-17/h3,5-8,15-16H,2,4,9-14H2,1H3,(H,23,27). The second-order valence-corrected chi connectivity index (χ2v) is 6.89. The van der Waals surface area contributed by atoms with Crippen LogP contribution in [-0.2, 0) is 9.53 Å². The summed E-state index contributed by atoms with van der Waals surface area (Å²) in [5.74, 6) is 0.670. The molecule has 0 saturated carbocycles. The van der Waals surface area contributed by atoms with Crippen LogP contribution in [0.4, 0.5) is 10.2 Å². The van der Waals surface area contributed by atoms with Crippen LogP contribution in [0.3, 0.4) is 0 Å². The Morgan fingerprint density at radius 2 is 2.07 bits per heavy atom. The number of aromatic nitrogens is 2. The van der Waals surface area contributed by atoms with Gasteiger partial charge in [0, 0.05) is 44.3 Å². The third kappa shape index (κ3) is 5.48. The van der Waals surface area contributed by atoms with E-state index in [4.69, 9.17) is 4.74 Å². The first-order valence-electron chi connectivity index (χ1n) is 9.87. The lowest BCUT2D eigenvalue weighted by molar-refractivity contribution is -0.125. The molecule has 1 aromatic heterocycles. The van der Waals surface area contributed by atoms with Gasteiger partial charge in [0.1, 0.15) is 5.82 Å². The Morgan fingerprint density at radius 1 is 1.25 bits per heavy atom.